The van der Waals surface area contributed by atoms with Crippen LogP contribution < -0.4 is 0 Å². The number of fused-ring (bicyclic) bond motifs is 1. The molecule has 1 saturated heterocycles. The highest BCUT2D eigenvalue weighted by Crippen LogP contribution is 2.30. The van der Waals surface area contributed by atoms with Gasteiger partial charge in [0, 0.05) is 30.2 Å². The van der Waals surface area contributed by atoms with Crippen molar-refractivity contribution in [2.45, 2.75) is 25.2 Å². The lowest BCUT2D eigenvalue weighted by atomic mass is 9.95. The smallest absolute Gasteiger partial charge is 0.214 e. The van der Waals surface area contributed by atoms with Crippen molar-refractivity contribution < 1.29 is 12.8 Å². The molecule has 0 atom stereocenters. The van der Waals surface area contributed by atoms with Gasteiger partial charge in [-0.1, -0.05) is 18.2 Å². The minimum atomic E-state index is -3.29. The van der Waals surface area contributed by atoms with E-state index in [2.05, 4.69) is 23.2 Å². The van der Waals surface area contributed by atoms with Gasteiger partial charge < -0.3 is 4.98 Å². The first-order valence-electron chi connectivity index (χ1n) is 7.71. The Labute approximate surface area is 130 Å². The first-order chi connectivity index (χ1) is 10.6. The van der Waals surface area contributed by atoms with Crippen LogP contribution >= 0.6 is 0 Å². The molecular weight excluding hydrogens is 303 g/mol. The van der Waals surface area contributed by atoms with Crippen molar-refractivity contribution in [3.63, 3.8) is 0 Å². The summed E-state index contributed by atoms with van der Waals surface area (Å²) in [6.45, 7) is 0.466. The number of sulfonamides is 1. The van der Waals surface area contributed by atoms with Crippen LogP contribution in [0.15, 0.2) is 30.3 Å². The summed E-state index contributed by atoms with van der Waals surface area (Å²) in [5.41, 5.74) is 2.30. The Morgan fingerprint density at radius 1 is 1.23 bits per heavy atom. The van der Waals surface area contributed by atoms with E-state index >= 15 is 0 Å². The second-order valence-electron chi connectivity index (χ2n) is 5.84. The lowest BCUT2D eigenvalue weighted by Gasteiger charge is -2.30. The number of nitrogens with zero attached hydrogens (tertiary/aromatic N) is 1. The van der Waals surface area contributed by atoms with Crippen molar-refractivity contribution in [2.75, 3.05) is 25.5 Å². The number of H-pyrrole nitrogens is 1. The van der Waals surface area contributed by atoms with Gasteiger partial charge in [-0.05, 0) is 36.8 Å². The van der Waals surface area contributed by atoms with Gasteiger partial charge in [0.2, 0.25) is 10.0 Å². The molecule has 2 heterocycles. The average molecular weight is 324 g/mol. The van der Waals surface area contributed by atoms with Crippen LogP contribution in [0.5, 0.6) is 0 Å². The molecule has 22 heavy (non-hydrogen) atoms. The molecular formula is C16H21FN2O2S. The van der Waals surface area contributed by atoms with Gasteiger partial charge >= 0.3 is 0 Å². The summed E-state index contributed by atoms with van der Waals surface area (Å²) in [7, 11) is -3.29. The highest BCUT2D eigenvalue weighted by Gasteiger charge is 2.28. The summed E-state index contributed by atoms with van der Waals surface area (Å²) in [6, 6.07) is 10.3. The fraction of sp³-hybridized carbons (Fsp3) is 0.500. The summed E-state index contributed by atoms with van der Waals surface area (Å²) in [5.74, 6) is 0.278. The molecule has 0 aliphatic carbocycles. The maximum Gasteiger partial charge on any atom is 0.214 e. The summed E-state index contributed by atoms with van der Waals surface area (Å²) in [4.78, 5) is 3.44. The van der Waals surface area contributed by atoms with E-state index in [1.165, 1.54) is 15.4 Å². The van der Waals surface area contributed by atoms with Gasteiger partial charge in [0.1, 0.15) is 0 Å². The minimum absolute atomic E-state index is 0.0828. The molecule has 1 aliphatic rings. The normalized spacial score (nSPS) is 18.0. The third kappa shape index (κ3) is 3.17. The number of piperidine rings is 1. The van der Waals surface area contributed by atoms with Gasteiger partial charge in [-0.15, -0.1) is 0 Å². The number of nitrogens with one attached hydrogen (secondary N) is 1. The van der Waals surface area contributed by atoms with Crippen LogP contribution in [-0.4, -0.2) is 43.2 Å². The number of hydrogen-bond acceptors (Lipinski definition) is 2. The van der Waals surface area contributed by atoms with E-state index in [1.54, 1.807) is 0 Å². The number of halogens is 1. The third-order valence-electron chi connectivity index (χ3n) is 4.37. The quantitative estimate of drug-likeness (QED) is 0.919. The van der Waals surface area contributed by atoms with Crippen molar-refractivity contribution in [3.8, 4) is 0 Å². The molecule has 0 radical (unpaired) electrons. The van der Waals surface area contributed by atoms with Crippen LogP contribution in [0.4, 0.5) is 4.39 Å². The van der Waals surface area contributed by atoms with E-state index in [9.17, 15) is 12.8 Å². The first-order valence-corrected chi connectivity index (χ1v) is 9.32. The lowest BCUT2D eigenvalue weighted by molar-refractivity contribution is 0.316. The zero-order valence-electron chi connectivity index (χ0n) is 12.5. The van der Waals surface area contributed by atoms with E-state index in [1.807, 2.05) is 12.1 Å². The molecule has 0 unspecified atom stereocenters. The Morgan fingerprint density at radius 2 is 1.95 bits per heavy atom. The predicted molar refractivity (Wildman–Crippen MR) is 86.2 cm³/mol. The van der Waals surface area contributed by atoms with E-state index in [-0.39, 0.29) is 12.2 Å². The second-order valence-corrected chi connectivity index (χ2v) is 7.93. The molecule has 1 aliphatic heterocycles. The molecule has 3 rings (SSSR count). The molecule has 2 aromatic rings. The lowest BCUT2D eigenvalue weighted by Crippen LogP contribution is -2.39. The van der Waals surface area contributed by atoms with Crippen LogP contribution in [0.3, 0.4) is 0 Å². The number of aromatic nitrogens is 1. The second kappa shape index (κ2) is 6.38. The molecule has 0 saturated carbocycles. The van der Waals surface area contributed by atoms with Crippen LogP contribution in [0.1, 0.15) is 30.9 Å². The number of para-hydroxylation sites is 1. The zero-order chi connectivity index (χ0) is 15.6. The SMILES string of the molecule is O=S(=O)(CCCF)N1CCC(c2cc3ccccc3[nH]2)CC1. The number of benzene rings is 1. The average Bonchev–Trinajstić information content (AvgIpc) is 2.97. The molecule has 1 aromatic heterocycles. The third-order valence-corrected chi connectivity index (χ3v) is 6.33. The summed E-state index contributed by atoms with van der Waals surface area (Å²) in [6.07, 6.45) is 1.70. The van der Waals surface area contributed by atoms with Gasteiger partial charge in [-0.2, -0.15) is 0 Å². The maximum absolute atomic E-state index is 12.2. The fourth-order valence-corrected chi connectivity index (χ4v) is 4.63. The van der Waals surface area contributed by atoms with Crippen molar-refractivity contribution in [1.82, 2.24) is 9.29 Å². The first kappa shape index (κ1) is 15.5. The van der Waals surface area contributed by atoms with Crippen LogP contribution in [0.2, 0.25) is 0 Å². The zero-order valence-corrected chi connectivity index (χ0v) is 13.3. The number of aromatic amines is 1. The standard InChI is InChI=1S/C16H21FN2O2S/c17-8-3-11-22(20,21)19-9-6-13(7-10-19)16-12-14-4-1-2-5-15(14)18-16/h1-2,4-5,12-13,18H,3,6-11H2. The Hall–Kier alpha value is -1.40. The highest BCUT2D eigenvalue weighted by atomic mass is 32.2. The van der Waals surface area contributed by atoms with E-state index in [0.717, 1.165) is 18.4 Å². The molecule has 6 heteroatoms. The van der Waals surface area contributed by atoms with Crippen molar-refractivity contribution in [3.05, 3.63) is 36.0 Å². The molecule has 1 aromatic carbocycles. The Balaban J connectivity index is 1.66. The molecule has 120 valence electrons. The summed E-state index contributed by atoms with van der Waals surface area (Å²) < 4.78 is 37.9. The molecule has 1 N–H and O–H groups in total. The predicted octanol–water partition coefficient (Wildman–Crippen LogP) is 3.04. The topological polar surface area (TPSA) is 53.2 Å². The Morgan fingerprint density at radius 3 is 2.64 bits per heavy atom. The molecule has 0 amide bonds. The summed E-state index contributed by atoms with van der Waals surface area (Å²) in [5, 5.41) is 1.19. The molecule has 1 fully saturated rings. The van der Waals surface area contributed by atoms with Gasteiger partial charge in [0.15, 0.2) is 0 Å². The van der Waals surface area contributed by atoms with Crippen molar-refractivity contribution >= 4 is 20.9 Å². The molecule has 0 spiro atoms. The summed E-state index contributed by atoms with van der Waals surface area (Å²) >= 11 is 0. The van der Waals surface area contributed by atoms with Crippen LogP contribution in [0, 0.1) is 0 Å². The Bertz CT molecular complexity index is 700. The Kier molecular flexibility index (Phi) is 4.49. The number of hydrogen-bond donors (Lipinski definition) is 1. The van der Waals surface area contributed by atoms with Crippen LogP contribution in [-0.2, 0) is 10.0 Å². The van der Waals surface area contributed by atoms with E-state index in [4.69, 9.17) is 0 Å². The molecule has 0 bridgehead atoms. The maximum atomic E-state index is 12.2. The minimum Gasteiger partial charge on any atom is -0.358 e. The number of alkyl halides is 1. The van der Waals surface area contributed by atoms with Gasteiger partial charge in [-0.3, -0.25) is 4.39 Å². The van der Waals surface area contributed by atoms with Gasteiger partial charge in [0.05, 0.1) is 12.4 Å². The van der Waals surface area contributed by atoms with Crippen molar-refractivity contribution in [1.29, 1.82) is 0 Å². The fourth-order valence-electron chi connectivity index (χ4n) is 3.13. The van der Waals surface area contributed by atoms with E-state index in [0.29, 0.717) is 19.0 Å². The van der Waals surface area contributed by atoms with Crippen molar-refractivity contribution in [2.24, 2.45) is 0 Å². The molecule has 4 nitrogen and oxygen atoms in total. The van der Waals surface area contributed by atoms with Gasteiger partial charge in [-0.25, -0.2) is 12.7 Å². The van der Waals surface area contributed by atoms with Crippen LogP contribution in [0.25, 0.3) is 10.9 Å². The number of rotatable bonds is 5. The largest absolute Gasteiger partial charge is 0.358 e. The monoisotopic (exact) mass is 324 g/mol. The highest BCUT2D eigenvalue weighted by molar-refractivity contribution is 7.89. The van der Waals surface area contributed by atoms with E-state index < -0.39 is 16.7 Å². The van der Waals surface area contributed by atoms with Gasteiger partial charge in [0.25, 0.3) is 0 Å².